The first kappa shape index (κ1) is 16.2. The van der Waals surface area contributed by atoms with E-state index in [2.05, 4.69) is 5.73 Å². The van der Waals surface area contributed by atoms with E-state index in [9.17, 15) is 0 Å². The third-order valence-corrected chi connectivity index (χ3v) is 0. The minimum absolute atomic E-state index is 0. The highest BCUT2D eigenvalue weighted by molar-refractivity contribution is 5.42. The van der Waals surface area contributed by atoms with Crippen molar-refractivity contribution in [2.24, 2.45) is 5.73 Å². The van der Waals surface area contributed by atoms with Crippen LogP contribution in [0.2, 0.25) is 0 Å². The molecule has 4 nitrogen and oxygen atoms in total. The van der Waals surface area contributed by atoms with E-state index in [0.717, 1.165) is 0 Å². The Labute approximate surface area is 42.9 Å². The number of aliphatic hydroxyl groups is 1. The number of aliphatic hydroxyl groups excluding tert-OH is 1. The van der Waals surface area contributed by atoms with Crippen LogP contribution in [0.15, 0.2) is 0 Å². The van der Waals surface area contributed by atoms with Gasteiger partial charge in [-0.25, -0.2) is 0 Å². The number of amides is 1. The maximum absolute atomic E-state index is 8.58. The molecule has 0 saturated heterocycles. The summed E-state index contributed by atoms with van der Waals surface area (Å²) in [5, 5.41) is 7.57. The van der Waals surface area contributed by atoms with E-state index >= 15 is 0 Å². The van der Waals surface area contributed by atoms with E-state index in [1.807, 2.05) is 0 Å². The molecule has 0 atom stereocenters. The summed E-state index contributed by atoms with van der Waals surface area (Å²) in [6, 6.07) is 0. The number of nitrogens with two attached hydrogens (primary N) is 1. The lowest BCUT2D eigenvalue weighted by Crippen LogP contribution is -1.82. The summed E-state index contributed by atoms with van der Waals surface area (Å²) in [5.41, 5.74) is 4.17. The van der Waals surface area contributed by atoms with Crippen molar-refractivity contribution in [3.05, 3.63) is 0 Å². The topological polar surface area (TPSA) is 98.3 Å². The van der Waals surface area contributed by atoms with Crippen LogP contribution in [0.1, 0.15) is 6.92 Å². The third-order valence-electron chi connectivity index (χ3n) is 0. The van der Waals surface area contributed by atoms with Gasteiger partial charge in [-0.3, -0.25) is 4.79 Å². The molecular weight excluding hydrogens is 96.0 g/mol. The molecular formula is C3H12N2O2. The molecule has 0 heterocycles. The molecule has 0 radical (unpaired) electrons. The first-order chi connectivity index (χ1) is 2.83. The van der Waals surface area contributed by atoms with Gasteiger partial charge in [0.2, 0.25) is 6.41 Å². The SMILES string of the molecule is CCO.N.NC=O. The van der Waals surface area contributed by atoms with Gasteiger partial charge < -0.3 is 17.0 Å². The van der Waals surface area contributed by atoms with Gasteiger partial charge in [0.1, 0.15) is 0 Å². The second kappa shape index (κ2) is 53.8. The predicted octanol–water partition coefficient (Wildman–Crippen LogP) is -0.738. The van der Waals surface area contributed by atoms with E-state index in [-0.39, 0.29) is 19.2 Å². The van der Waals surface area contributed by atoms with Crippen molar-refractivity contribution >= 4 is 6.41 Å². The minimum atomic E-state index is 0. The van der Waals surface area contributed by atoms with Crippen molar-refractivity contribution in [3.63, 3.8) is 0 Å². The highest BCUT2D eigenvalue weighted by Gasteiger charge is 1.34. The molecule has 0 aliphatic heterocycles. The number of hydrogen-bond donors (Lipinski definition) is 3. The van der Waals surface area contributed by atoms with Crippen LogP contribution in [-0.2, 0) is 4.79 Å². The van der Waals surface area contributed by atoms with Gasteiger partial charge in [-0.05, 0) is 6.92 Å². The van der Waals surface area contributed by atoms with Crippen molar-refractivity contribution in [1.82, 2.24) is 6.15 Å². The monoisotopic (exact) mass is 108 g/mol. The fourth-order valence-corrected chi connectivity index (χ4v) is 0. The largest absolute Gasteiger partial charge is 0.397 e. The number of hydrogen-bond acceptors (Lipinski definition) is 3. The van der Waals surface area contributed by atoms with Crippen molar-refractivity contribution in [2.45, 2.75) is 6.92 Å². The van der Waals surface area contributed by atoms with E-state index < -0.39 is 0 Å². The highest BCUT2D eigenvalue weighted by atomic mass is 16.2. The second-order valence-corrected chi connectivity index (χ2v) is 0.452. The average Bonchev–Trinajstić information content (AvgIpc) is 1.39. The zero-order valence-corrected chi connectivity index (χ0v) is 4.42. The lowest BCUT2D eigenvalue weighted by Gasteiger charge is -1.52. The molecule has 0 spiro atoms. The summed E-state index contributed by atoms with van der Waals surface area (Å²) >= 11 is 0. The van der Waals surface area contributed by atoms with Crippen molar-refractivity contribution < 1.29 is 9.90 Å². The Morgan fingerprint density at radius 3 is 1.86 bits per heavy atom. The van der Waals surface area contributed by atoms with Crippen LogP contribution in [0.3, 0.4) is 0 Å². The predicted molar refractivity (Wildman–Crippen MR) is 28.0 cm³/mol. The van der Waals surface area contributed by atoms with Crippen molar-refractivity contribution in [2.75, 3.05) is 6.61 Å². The number of primary amides is 1. The standard InChI is InChI=1S/C2H6O.CH3NO.H3N/c1-2-3;2-1-3;/h3H,2H2,1H3;1H,(H2,2,3);1H3. The van der Waals surface area contributed by atoms with Crippen molar-refractivity contribution in [3.8, 4) is 0 Å². The lowest BCUT2D eigenvalue weighted by atomic mass is 10.9. The second-order valence-electron chi connectivity index (χ2n) is 0.452. The molecule has 0 aliphatic rings. The molecule has 46 valence electrons. The molecule has 6 N–H and O–H groups in total. The van der Waals surface area contributed by atoms with Gasteiger partial charge >= 0.3 is 0 Å². The van der Waals surface area contributed by atoms with E-state index in [4.69, 9.17) is 9.90 Å². The summed E-state index contributed by atoms with van der Waals surface area (Å²) in [6.45, 7) is 1.93. The maximum atomic E-state index is 8.58. The fourth-order valence-electron chi connectivity index (χ4n) is 0. The van der Waals surface area contributed by atoms with Crippen LogP contribution >= 0.6 is 0 Å². The quantitative estimate of drug-likeness (QED) is 0.356. The van der Waals surface area contributed by atoms with Gasteiger partial charge in [0.15, 0.2) is 0 Å². The van der Waals surface area contributed by atoms with Crippen LogP contribution in [-0.4, -0.2) is 18.1 Å². The average molecular weight is 108 g/mol. The van der Waals surface area contributed by atoms with Crippen LogP contribution < -0.4 is 11.9 Å². The highest BCUT2D eigenvalue weighted by Crippen LogP contribution is 1.30. The van der Waals surface area contributed by atoms with Crippen LogP contribution in [0.5, 0.6) is 0 Å². The van der Waals surface area contributed by atoms with E-state index in [1.165, 1.54) is 0 Å². The van der Waals surface area contributed by atoms with E-state index in [1.54, 1.807) is 6.92 Å². The fraction of sp³-hybridized carbons (Fsp3) is 0.667. The van der Waals surface area contributed by atoms with Gasteiger partial charge in [0.05, 0.1) is 0 Å². The molecule has 0 saturated carbocycles. The third kappa shape index (κ3) is 166. The number of rotatable bonds is 0. The van der Waals surface area contributed by atoms with Gasteiger partial charge in [-0.15, -0.1) is 0 Å². The van der Waals surface area contributed by atoms with Crippen LogP contribution in [0.25, 0.3) is 0 Å². The molecule has 4 heteroatoms. The zero-order valence-electron chi connectivity index (χ0n) is 4.42. The van der Waals surface area contributed by atoms with Crippen LogP contribution in [0.4, 0.5) is 0 Å². The molecule has 0 aromatic heterocycles. The Balaban J connectivity index is -0.0000000400. The normalized spacial score (nSPS) is 4.29. The molecule has 1 amide bonds. The lowest BCUT2D eigenvalue weighted by molar-refractivity contribution is -0.106. The molecule has 0 bridgehead atoms. The zero-order chi connectivity index (χ0) is 5.41. The summed E-state index contributed by atoms with van der Waals surface area (Å²) in [5.74, 6) is 0. The Morgan fingerprint density at radius 1 is 1.86 bits per heavy atom. The van der Waals surface area contributed by atoms with Gasteiger partial charge in [-0.2, -0.15) is 0 Å². The first-order valence-corrected chi connectivity index (χ1v) is 1.59. The van der Waals surface area contributed by atoms with Crippen LogP contribution in [0, 0.1) is 0 Å². The Kier molecular flexibility index (Phi) is 124. The molecule has 7 heavy (non-hydrogen) atoms. The van der Waals surface area contributed by atoms with E-state index in [0.29, 0.717) is 0 Å². The van der Waals surface area contributed by atoms with Gasteiger partial charge in [0, 0.05) is 6.61 Å². The molecule has 0 aromatic rings. The molecule has 0 fully saturated rings. The Morgan fingerprint density at radius 2 is 1.86 bits per heavy atom. The summed E-state index contributed by atoms with van der Waals surface area (Å²) in [7, 11) is 0. The van der Waals surface area contributed by atoms with Gasteiger partial charge in [0.25, 0.3) is 0 Å². The molecule has 0 aliphatic carbocycles. The smallest absolute Gasteiger partial charge is 0.204 e. The molecule has 0 aromatic carbocycles. The first-order valence-electron chi connectivity index (χ1n) is 1.59. The molecule has 0 unspecified atom stereocenters. The summed E-state index contributed by atoms with van der Waals surface area (Å²) < 4.78 is 0. The maximum Gasteiger partial charge on any atom is 0.204 e. The van der Waals surface area contributed by atoms with Crippen molar-refractivity contribution in [1.29, 1.82) is 0 Å². The molecule has 0 rings (SSSR count). The van der Waals surface area contributed by atoms with Gasteiger partial charge in [-0.1, -0.05) is 0 Å². The minimum Gasteiger partial charge on any atom is -0.397 e. The number of carbonyl (C=O) groups excluding carboxylic acids is 1. The Hall–Kier alpha value is -0.610. The summed E-state index contributed by atoms with van der Waals surface area (Å²) in [4.78, 5) is 8.58. The summed E-state index contributed by atoms with van der Waals surface area (Å²) in [6.07, 6.45) is 0.250. The number of carbonyl (C=O) groups is 1. The Bertz CT molecular complexity index is 24.9.